The summed E-state index contributed by atoms with van der Waals surface area (Å²) in [4.78, 5) is 4.63. The van der Waals surface area contributed by atoms with Gasteiger partial charge in [0.1, 0.15) is 5.82 Å². The summed E-state index contributed by atoms with van der Waals surface area (Å²) in [5.41, 5.74) is 5.09. The number of pyridine rings is 1. The lowest BCUT2D eigenvalue weighted by molar-refractivity contribution is 0.600. The Balaban J connectivity index is 1.76. The third kappa shape index (κ3) is 2.61. The Bertz CT molecular complexity index is 1330. The maximum atomic E-state index is 12.2. The van der Waals surface area contributed by atoms with Gasteiger partial charge in [-0.2, -0.15) is 5.26 Å². The van der Waals surface area contributed by atoms with Crippen molar-refractivity contribution >= 4 is 32.4 Å². The van der Waals surface area contributed by atoms with Crippen molar-refractivity contribution in [1.82, 2.24) is 9.55 Å². The number of sulfonamides is 1. The first-order valence-electron chi connectivity index (χ1n) is 9.45. The lowest BCUT2D eigenvalue weighted by atomic mass is 9.96. The molecular weight excluding hydrogens is 386 g/mol. The van der Waals surface area contributed by atoms with Crippen molar-refractivity contribution in [2.24, 2.45) is 7.05 Å². The Morgan fingerprint density at radius 1 is 1.31 bits per heavy atom. The monoisotopic (exact) mass is 407 g/mol. The van der Waals surface area contributed by atoms with Crippen LogP contribution in [0.4, 0.5) is 11.5 Å². The molecule has 29 heavy (non-hydrogen) atoms. The van der Waals surface area contributed by atoms with Crippen molar-refractivity contribution in [2.45, 2.75) is 18.3 Å². The standard InChI is InChI=1S/C21H21N5O2S/c1-25-11-16(14-8-17-20(23-10-14)24-12-21(17)4-5-21)15-6-13(9-22)7-18(19(15)25)26(2)29(3,27)28/h6-8,10-11H,4-5,12H2,1-3H3,(H,23,24). The van der Waals surface area contributed by atoms with E-state index in [2.05, 4.69) is 22.4 Å². The van der Waals surface area contributed by atoms with Crippen LogP contribution >= 0.6 is 0 Å². The van der Waals surface area contributed by atoms with Gasteiger partial charge in [0.15, 0.2) is 0 Å². The molecule has 0 amide bonds. The highest BCUT2D eigenvalue weighted by Gasteiger charge is 2.49. The molecule has 0 bridgehead atoms. The van der Waals surface area contributed by atoms with Crippen molar-refractivity contribution in [2.75, 3.05) is 29.5 Å². The minimum absolute atomic E-state index is 0.225. The molecule has 1 spiro atoms. The summed E-state index contributed by atoms with van der Waals surface area (Å²) < 4.78 is 27.5. The largest absolute Gasteiger partial charge is 0.369 e. The van der Waals surface area contributed by atoms with Gasteiger partial charge in [-0.1, -0.05) is 0 Å². The first-order valence-corrected chi connectivity index (χ1v) is 11.3. The fourth-order valence-corrected chi connectivity index (χ4v) is 4.83. The Morgan fingerprint density at radius 3 is 2.72 bits per heavy atom. The number of rotatable bonds is 3. The van der Waals surface area contributed by atoms with Gasteiger partial charge in [0.25, 0.3) is 0 Å². The van der Waals surface area contributed by atoms with Gasteiger partial charge in [-0.25, -0.2) is 13.4 Å². The summed E-state index contributed by atoms with van der Waals surface area (Å²) in [6.45, 7) is 0.941. The van der Waals surface area contributed by atoms with E-state index in [1.54, 1.807) is 6.07 Å². The summed E-state index contributed by atoms with van der Waals surface area (Å²) in [5.74, 6) is 0.960. The number of nitriles is 1. The highest BCUT2D eigenvalue weighted by molar-refractivity contribution is 7.92. The predicted octanol–water partition coefficient (Wildman–Crippen LogP) is 2.96. The number of nitrogens with one attached hydrogen (secondary N) is 1. The third-order valence-corrected chi connectivity index (χ3v) is 7.43. The second-order valence-electron chi connectivity index (χ2n) is 8.14. The van der Waals surface area contributed by atoms with Crippen LogP contribution in [0.3, 0.4) is 0 Å². The molecule has 1 fully saturated rings. The van der Waals surface area contributed by atoms with E-state index in [1.165, 1.54) is 29.8 Å². The summed E-state index contributed by atoms with van der Waals surface area (Å²) in [6.07, 6.45) is 7.34. The van der Waals surface area contributed by atoms with Gasteiger partial charge in [-0.05, 0) is 31.0 Å². The van der Waals surface area contributed by atoms with E-state index >= 15 is 0 Å². The van der Waals surface area contributed by atoms with E-state index < -0.39 is 10.0 Å². The molecular formula is C21H21N5O2S. The van der Waals surface area contributed by atoms with E-state index in [9.17, 15) is 13.7 Å². The number of aromatic nitrogens is 2. The molecule has 3 heterocycles. The zero-order valence-electron chi connectivity index (χ0n) is 16.5. The summed E-state index contributed by atoms with van der Waals surface area (Å²) in [7, 11) is -0.0672. The van der Waals surface area contributed by atoms with Crippen LogP contribution in [0.15, 0.2) is 30.6 Å². The molecule has 1 N–H and O–H groups in total. The number of hydrogen-bond acceptors (Lipinski definition) is 5. The highest BCUT2D eigenvalue weighted by atomic mass is 32.2. The molecule has 7 nitrogen and oxygen atoms in total. The van der Waals surface area contributed by atoms with Crippen LogP contribution in [-0.4, -0.2) is 37.8 Å². The number of hydrogen-bond donors (Lipinski definition) is 1. The molecule has 5 rings (SSSR count). The number of aryl methyl sites for hydroxylation is 1. The number of anilines is 2. The van der Waals surface area contributed by atoms with Crippen molar-refractivity contribution in [3.05, 3.63) is 41.7 Å². The van der Waals surface area contributed by atoms with Gasteiger partial charge in [-0.15, -0.1) is 0 Å². The van der Waals surface area contributed by atoms with E-state index in [0.717, 1.165) is 40.6 Å². The maximum Gasteiger partial charge on any atom is 0.232 e. The second kappa shape index (κ2) is 5.74. The Kier molecular flexibility index (Phi) is 3.56. The van der Waals surface area contributed by atoms with Crippen LogP contribution < -0.4 is 9.62 Å². The van der Waals surface area contributed by atoms with Crippen LogP contribution in [0.1, 0.15) is 24.0 Å². The quantitative estimate of drug-likeness (QED) is 0.721. The minimum atomic E-state index is -3.47. The van der Waals surface area contributed by atoms with Crippen LogP contribution in [0, 0.1) is 11.3 Å². The SMILES string of the molecule is CN(c1cc(C#N)cc2c(-c3cnc4c(c3)C3(CC3)CN4)cn(C)c12)S(C)(=O)=O. The predicted molar refractivity (Wildman–Crippen MR) is 114 cm³/mol. The van der Waals surface area contributed by atoms with Gasteiger partial charge in [-0.3, -0.25) is 4.31 Å². The van der Waals surface area contributed by atoms with Crippen molar-refractivity contribution in [3.8, 4) is 17.2 Å². The molecule has 1 aliphatic carbocycles. The fraction of sp³-hybridized carbons (Fsp3) is 0.333. The molecule has 0 radical (unpaired) electrons. The summed E-state index contributed by atoms with van der Waals surface area (Å²) in [6, 6.07) is 7.80. The molecule has 0 unspecified atom stereocenters. The molecule has 1 saturated carbocycles. The third-order valence-electron chi connectivity index (χ3n) is 6.24. The first-order chi connectivity index (χ1) is 13.7. The molecule has 1 aliphatic heterocycles. The van der Waals surface area contributed by atoms with E-state index in [-0.39, 0.29) is 5.41 Å². The minimum Gasteiger partial charge on any atom is -0.369 e. The van der Waals surface area contributed by atoms with Gasteiger partial charge in [0, 0.05) is 60.5 Å². The zero-order chi connectivity index (χ0) is 20.6. The van der Waals surface area contributed by atoms with Crippen LogP contribution in [0.5, 0.6) is 0 Å². The van der Waals surface area contributed by atoms with E-state index in [1.807, 2.05) is 30.1 Å². The second-order valence-corrected chi connectivity index (χ2v) is 10.2. The van der Waals surface area contributed by atoms with Gasteiger partial charge < -0.3 is 9.88 Å². The maximum absolute atomic E-state index is 12.2. The lowest BCUT2D eigenvalue weighted by Crippen LogP contribution is -2.25. The first kappa shape index (κ1) is 18.0. The Labute approximate surface area is 169 Å². The lowest BCUT2D eigenvalue weighted by Gasteiger charge is -2.19. The van der Waals surface area contributed by atoms with Crippen molar-refractivity contribution in [1.29, 1.82) is 5.26 Å². The number of benzene rings is 1. The zero-order valence-corrected chi connectivity index (χ0v) is 17.3. The Morgan fingerprint density at radius 2 is 2.07 bits per heavy atom. The molecule has 1 aromatic carbocycles. The van der Waals surface area contributed by atoms with Gasteiger partial charge >= 0.3 is 0 Å². The summed E-state index contributed by atoms with van der Waals surface area (Å²) in [5, 5.41) is 13.8. The molecule has 0 atom stereocenters. The molecule has 8 heteroatoms. The average molecular weight is 407 g/mol. The molecule has 2 aliphatic rings. The van der Waals surface area contributed by atoms with Crippen LogP contribution in [-0.2, 0) is 22.5 Å². The molecule has 148 valence electrons. The number of nitrogens with zero attached hydrogens (tertiary/aromatic N) is 4. The highest BCUT2D eigenvalue weighted by Crippen LogP contribution is 2.54. The molecule has 2 aromatic heterocycles. The summed E-state index contributed by atoms with van der Waals surface area (Å²) >= 11 is 0. The van der Waals surface area contributed by atoms with Crippen LogP contribution in [0.25, 0.3) is 22.0 Å². The number of fused-ring (bicyclic) bond motifs is 3. The average Bonchev–Trinajstić information content (AvgIpc) is 3.29. The topological polar surface area (TPSA) is 91.0 Å². The van der Waals surface area contributed by atoms with Gasteiger partial charge in [0.2, 0.25) is 10.0 Å². The van der Waals surface area contributed by atoms with E-state index in [0.29, 0.717) is 11.3 Å². The van der Waals surface area contributed by atoms with Gasteiger partial charge in [0.05, 0.1) is 29.1 Å². The van der Waals surface area contributed by atoms with Crippen LogP contribution in [0.2, 0.25) is 0 Å². The fourth-order valence-electron chi connectivity index (χ4n) is 4.34. The van der Waals surface area contributed by atoms with E-state index in [4.69, 9.17) is 0 Å². The smallest absolute Gasteiger partial charge is 0.232 e. The van der Waals surface area contributed by atoms with Crippen molar-refractivity contribution in [3.63, 3.8) is 0 Å². The molecule has 0 saturated heterocycles. The molecule has 3 aromatic rings. The normalized spacial score (nSPS) is 16.5. The van der Waals surface area contributed by atoms with Crippen molar-refractivity contribution < 1.29 is 8.42 Å². The Hall–Kier alpha value is -3.05.